The molecule has 1 aliphatic heterocycles. The molecular weight excluding hydrogens is 328 g/mol. The van der Waals surface area contributed by atoms with E-state index in [0.29, 0.717) is 18.0 Å². The number of carbonyl (C=O) groups excluding carboxylic acids is 1. The number of nitrogens with two attached hydrogens (primary N) is 1. The molecule has 0 radical (unpaired) electrons. The molecule has 0 bridgehead atoms. The summed E-state index contributed by atoms with van der Waals surface area (Å²) in [5.74, 6) is 0.635. The lowest BCUT2D eigenvalue weighted by atomic mass is 10.1. The van der Waals surface area contributed by atoms with E-state index in [9.17, 15) is 4.79 Å². The van der Waals surface area contributed by atoms with E-state index in [-0.39, 0.29) is 18.1 Å². The maximum absolute atomic E-state index is 13.0. The molecule has 1 heterocycles. The molecule has 3 N–H and O–H groups in total. The second-order valence-corrected chi connectivity index (χ2v) is 6.41. The van der Waals surface area contributed by atoms with Gasteiger partial charge in [-0.25, -0.2) is 0 Å². The first kappa shape index (κ1) is 18.4. The fourth-order valence-electron chi connectivity index (χ4n) is 3.23. The molecule has 0 unspecified atom stereocenters. The molecule has 0 aliphatic carbocycles. The van der Waals surface area contributed by atoms with Crippen LogP contribution in [0.4, 0.5) is 5.69 Å². The molecule has 1 fully saturated rings. The van der Waals surface area contributed by atoms with Crippen LogP contribution in [0.2, 0.25) is 0 Å². The van der Waals surface area contributed by atoms with Crippen molar-refractivity contribution < 1.29 is 19.6 Å². The lowest BCUT2D eigenvalue weighted by molar-refractivity contribution is -0.687. The predicted molar refractivity (Wildman–Crippen MR) is 101 cm³/mol. The molecule has 0 spiro atoms. The average molecular weight is 355 g/mol. The molecule has 2 aromatic rings. The lowest BCUT2D eigenvalue weighted by Crippen LogP contribution is -2.89. The highest BCUT2D eigenvalue weighted by molar-refractivity contribution is 5.95. The highest BCUT2D eigenvalue weighted by Crippen LogP contribution is 2.24. The highest BCUT2D eigenvalue weighted by Gasteiger charge is 2.27. The van der Waals surface area contributed by atoms with Crippen LogP contribution in [0.25, 0.3) is 0 Å². The molecule has 1 amide bonds. The number of benzene rings is 2. The van der Waals surface area contributed by atoms with Crippen molar-refractivity contribution in [3.8, 4) is 5.75 Å². The normalized spacial score (nSPS) is 17.7. The Kier molecular flexibility index (Phi) is 6.63. The fraction of sp³-hybridized carbons (Fsp3) is 0.381. The predicted octanol–water partition coefficient (Wildman–Crippen LogP) is 2.51. The van der Waals surface area contributed by atoms with Crippen molar-refractivity contribution in [1.29, 1.82) is 0 Å². The largest absolute Gasteiger partial charge is 0.492 e. The van der Waals surface area contributed by atoms with Crippen molar-refractivity contribution in [3.63, 3.8) is 0 Å². The number of quaternary nitrogens is 1. The van der Waals surface area contributed by atoms with E-state index in [0.717, 1.165) is 31.6 Å². The van der Waals surface area contributed by atoms with E-state index in [1.54, 1.807) is 0 Å². The first-order valence-electron chi connectivity index (χ1n) is 9.30. The van der Waals surface area contributed by atoms with Gasteiger partial charge in [0.1, 0.15) is 18.4 Å². The Labute approximate surface area is 154 Å². The van der Waals surface area contributed by atoms with Crippen LogP contribution >= 0.6 is 0 Å². The minimum atomic E-state index is -0.324. The number of rotatable bonds is 8. The summed E-state index contributed by atoms with van der Waals surface area (Å²) in [7, 11) is 0. The third-order valence-corrected chi connectivity index (χ3v) is 4.54. The van der Waals surface area contributed by atoms with Crippen molar-refractivity contribution in [1.82, 2.24) is 0 Å². The highest BCUT2D eigenvalue weighted by atomic mass is 16.5. The zero-order valence-electron chi connectivity index (χ0n) is 15.2. The molecular formula is C21H27N2O3+. The zero-order valence-corrected chi connectivity index (χ0v) is 15.2. The topological polar surface area (TPSA) is 64.2 Å². The molecule has 138 valence electrons. The van der Waals surface area contributed by atoms with Gasteiger partial charge in [-0.05, 0) is 31.9 Å². The quantitative estimate of drug-likeness (QED) is 0.765. The maximum Gasteiger partial charge on any atom is 0.287 e. The standard InChI is InChI=1S/C21H26N2O3/c1-2-25-19-13-7-6-12-18(19)23-21(24)20(16-9-4-3-5-10-16)22-15-17-11-8-14-26-17/h3-7,9-10,12-13,17,20,22H,2,8,11,14-15H2,1H3,(H,23,24)/p+1/t17-,20+/m0/s1. The van der Waals surface area contributed by atoms with Crippen LogP contribution in [0.5, 0.6) is 5.75 Å². The average Bonchev–Trinajstić information content (AvgIpc) is 3.18. The summed E-state index contributed by atoms with van der Waals surface area (Å²) in [5, 5.41) is 5.11. The second-order valence-electron chi connectivity index (χ2n) is 6.41. The van der Waals surface area contributed by atoms with Crippen molar-refractivity contribution >= 4 is 11.6 Å². The first-order chi connectivity index (χ1) is 12.8. The van der Waals surface area contributed by atoms with Crippen molar-refractivity contribution in [2.45, 2.75) is 31.9 Å². The number of ether oxygens (including phenoxy) is 2. The summed E-state index contributed by atoms with van der Waals surface area (Å²) in [4.78, 5) is 13.0. The third-order valence-electron chi connectivity index (χ3n) is 4.54. The fourth-order valence-corrected chi connectivity index (χ4v) is 3.23. The van der Waals surface area contributed by atoms with Gasteiger partial charge in [0.05, 0.1) is 12.3 Å². The van der Waals surface area contributed by atoms with E-state index in [2.05, 4.69) is 10.6 Å². The summed E-state index contributed by atoms with van der Waals surface area (Å²) in [6.45, 7) is 4.09. The Morgan fingerprint density at radius 2 is 2.00 bits per heavy atom. The Hall–Kier alpha value is -2.37. The Bertz CT molecular complexity index is 699. The molecule has 5 nitrogen and oxygen atoms in total. The Morgan fingerprint density at radius 1 is 1.23 bits per heavy atom. The molecule has 0 saturated carbocycles. The van der Waals surface area contributed by atoms with Gasteiger partial charge in [0.15, 0.2) is 6.04 Å². The molecule has 5 heteroatoms. The molecule has 1 saturated heterocycles. The van der Waals surface area contributed by atoms with Gasteiger partial charge in [0.25, 0.3) is 5.91 Å². The van der Waals surface area contributed by atoms with Crippen molar-refractivity contribution in [2.24, 2.45) is 0 Å². The van der Waals surface area contributed by atoms with Gasteiger partial charge in [-0.1, -0.05) is 42.5 Å². The van der Waals surface area contributed by atoms with E-state index in [4.69, 9.17) is 9.47 Å². The number of anilines is 1. The van der Waals surface area contributed by atoms with Crippen LogP contribution in [0.15, 0.2) is 54.6 Å². The van der Waals surface area contributed by atoms with Crippen LogP contribution in [-0.2, 0) is 9.53 Å². The number of para-hydroxylation sites is 2. The summed E-state index contributed by atoms with van der Waals surface area (Å²) in [6.07, 6.45) is 2.39. The third kappa shape index (κ3) is 4.84. The molecule has 3 rings (SSSR count). The summed E-state index contributed by atoms with van der Waals surface area (Å²) in [5.41, 5.74) is 1.68. The molecule has 26 heavy (non-hydrogen) atoms. The van der Waals surface area contributed by atoms with Gasteiger partial charge in [-0.3, -0.25) is 4.79 Å². The maximum atomic E-state index is 13.0. The van der Waals surface area contributed by atoms with Gasteiger partial charge < -0.3 is 20.1 Å². The van der Waals surface area contributed by atoms with E-state index < -0.39 is 0 Å². The molecule has 1 aliphatic rings. The van der Waals surface area contributed by atoms with Gasteiger partial charge in [0, 0.05) is 12.2 Å². The first-order valence-corrected chi connectivity index (χ1v) is 9.30. The minimum Gasteiger partial charge on any atom is -0.492 e. The molecule has 2 atom stereocenters. The van der Waals surface area contributed by atoms with Gasteiger partial charge >= 0.3 is 0 Å². The summed E-state index contributed by atoms with van der Waals surface area (Å²) in [6, 6.07) is 17.1. The number of amides is 1. The second kappa shape index (κ2) is 9.36. The number of nitrogens with one attached hydrogen (secondary N) is 1. The Balaban J connectivity index is 1.74. The smallest absolute Gasteiger partial charge is 0.287 e. The van der Waals surface area contributed by atoms with Crippen molar-refractivity contribution in [3.05, 3.63) is 60.2 Å². The van der Waals surface area contributed by atoms with Crippen molar-refractivity contribution in [2.75, 3.05) is 25.1 Å². The lowest BCUT2D eigenvalue weighted by Gasteiger charge is -2.19. The summed E-state index contributed by atoms with van der Waals surface area (Å²) < 4.78 is 11.3. The Morgan fingerprint density at radius 3 is 2.73 bits per heavy atom. The van der Waals surface area contributed by atoms with Crippen LogP contribution < -0.4 is 15.4 Å². The van der Waals surface area contributed by atoms with E-state index in [1.807, 2.05) is 61.5 Å². The minimum absolute atomic E-state index is 0.0543. The molecule has 2 aromatic carbocycles. The zero-order chi connectivity index (χ0) is 18.2. The SMILES string of the molecule is CCOc1ccccc1NC(=O)[C@H]([NH2+]C[C@@H]1CCCO1)c1ccccc1. The molecule has 0 aromatic heterocycles. The summed E-state index contributed by atoms with van der Waals surface area (Å²) >= 11 is 0. The number of carbonyl (C=O) groups is 1. The van der Waals surface area contributed by atoms with Crippen LogP contribution in [-0.4, -0.2) is 31.8 Å². The van der Waals surface area contributed by atoms with Crippen LogP contribution in [0.3, 0.4) is 0 Å². The van der Waals surface area contributed by atoms with E-state index >= 15 is 0 Å². The monoisotopic (exact) mass is 355 g/mol. The van der Waals surface area contributed by atoms with Gasteiger partial charge in [-0.15, -0.1) is 0 Å². The number of hydrogen-bond acceptors (Lipinski definition) is 3. The van der Waals surface area contributed by atoms with Crippen LogP contribution in [0, 0.1) is 0 Å². The number of hydrogen-bond donors (Lipinski definition) is 2. The van der Waals surface area contributed by atoms with Gasteiger partial charge in [0.2, 0.25) is 0 Å². The van der Waals surface area contributed by atoms with E-state index in [1.165, 1.54) is 0 Å². The van der Waals surface area contributed by atoms with Crippen LogP contribution in [0.1, 0.15) is 31.4 Å². The van der Waals surface area contributed by atoms with Gasteiger partial charge in [-0.2, -0.15) is 0 Å².